The quantitative estimate of drug-likeness (QED) is 0.853. The molecule has 1 heterocycles. The van der Waals surface area contributed by atoms with E-state index in [1.54, 1.807) is 25.1 Å². The fraction of sp³-hybridized carbons (Fsp3) is 0.500. The lowest BCUT2D eigenvalue weighted by molar-refractivity contribution is -0.151. The van der Waals surface area contributed by atoms with Gasteiger partial charge in [-0.15, -0.1) is 0 Å². The van der Waals surface area contributed by atoms with E-state index in [2.05, 4.69) is 0 Å². The monoisotopic (exact) mass is 323 g/mol. The average Bonchev–Trinajstić information content (AvgIpc) is 2.92. The Morgan fingerprint density at radius 2 is 1.96 bits per heavy atom. The zero-order valence-corrected chi connectivity index (χ0v) is 13.7. The third-order valence-corrected chi connectivity index (χ3v) is 4.38. The Hall–Kier alpha value is -2.44. The Labute approximate surface area is 134 Å². The lowest BCUT2D eigenvalue weighted by Gasteiger charge is -2.27. The molecule has 1 N–H and O–H groups in total. The third-order valence-electron chi connectivity index (χ3n) is 4.38. The predicted octanol–water partition coefficient (Wildman–Crippen LogP) is 1.75. The standard InChI is InChI=1S/C16H21NO6/c1-16(14(19)22-3)9-17(15(20)23-4)8-11(16)10-5-6-13(21-2)12(18)7-10/h5-7,11,18H,8-9H2,1-4H3. The normalized spacial score (nSPS) is 23.5. The molecule has 1 fully saturated rings. The number of esters is 1. The molecule has 0 radical (unpaired) electrons. The van der Waals surface area contributed by atoms with E-state index in [9.17, 15) is 14.7 Å². The van der Waals surface area contributed by atoms with Gasteiger partial charge >= 0.3 is 12.1 Å². The van der Waals surface area contributed by atoms with Crippen LogP contribution in [-0.2, 0) is 14.3 Å². The smallest absolute Gasteiger partial charge is 0.409 e. The average molecular weight is 323 g/mol. The number of amides is 1. The first kappa shape index (κ1) is 16.9. The maximum absolute atomic E-state index is 12.3. The van der Waals surface area contributed by atoms with Gasteiger partial charge in [-0.2, -0.15) is 0 Å². The lowest BCUT2D eigenvalue weighted by atomic mass is 9.76. The molecule has 1 amide bonds. The first-order valence-electron chi connectivity index (χ1n) is 7.15. The van der Waals surface area contributed by atoms with Gasteiger partial charge in [0.1, 0.15) is 0 Å². The van der Waals surface area contributed by atoms with E-state index < -0.39 is 17.5 Å². The maximum Gasteiger partial charge on any atom is 0.409 e. The van der Waals surface area contributed by atoms with Crippen molar-refractivity contribution < 1.29 is 28.9 Å². The van der Waals surface area contributed by atoms with E-state index >= 15 is 0 Å². The second-order valence-electron chi connectivity index (χ2n) is 5.74. The highest BCUT2D eigenvalue weighted by molar-refractivity contribution is 5.81. The molecule has 7 nitrogen and oxygen atoms in total. The number of carbonyl (C=O) groups excluding carboxylic acids is 2. The van der Waals surface area contributed by atoms with Crippen LogP contribution in [0.1, 0.15) is 18.4 Å². The predicted molar refractivity (Wildman–Crippen MR) is 81.5 cm³/mol. The number of phenols is 1. The van der Waals surface area contributed by atoms with Crippen molar-refractivity contribution in [1.82, 2.24) is 4.90 Å². The molecule has 0 saturated carbocycles. The van der Waals surface area contributed by atoms with E-state index in [1.807, 2.05) is 0 Å². The van der Waals surface area contributed by atoms with Crippen LogP contribution in [0.5, 0.6) is 11.5 Å². The van der Waals surface area contributed by atoms with Gasteiger partial charge in [-0.3, -0.25) is 4.79 Å². The molecule has 7 heteroatoms. The molecule has 1 aromatic carbocycles. The Bertz CT molecular complexity index is 617. The molecular formula is C16H21NO6. The number of rotatable bonds is 3. The van der Waals surface area contributed by atoms with Crippen LogP contribution in [-0.4, -0.2) is 56.5 Å². The lowest BCUT2D eigenvalue weighted by Crippen LogP contribution is -2.37. The van der Waals surface area contributed by atoms with E-state index in [0.717, 1.165) is 5.56 Å². The number of likely N-dealkylation sites (tertiary alicyclic amines) is 1. The van der Waals surface area contributed by atoms with Crippen LogP contribution in [0.4, 0.5) is 4.79 Å². The summed E-state index contributed by atoms with van der Waals surface area (Å²) in [6.45, 7) is 2.22. The highest BCUT2D eigenvalue weighted by Gasteiger charge is 2.51. The van der Waals surface area contributed by atoms with Gasteiger partial charge in [-0.25, -0.2) is 4.79 Å². The van der Waals surface area contributed by atoms with Crippen molar-refractivity contribution in [2.75, 3.05) is 34.4 Å². The summed E-state index contributed by atoms with van der Waals surface area (Å²) in [6.07, 6.45) is -0.500. The molecular weight excluding hydrogens is 302 g/mol. The number of nitrogens with zero attached hydrogens (tertiary/aromatic N) is 1. The minimum atomic E-state index is -0.927. The topological polar surface area (TPSA) is 85.3 Å². The molecule has 23 heavy (non-hydrogen) atoms. The van der Waals surface area contributed by atoms with Gasteiger partial charge in [-0.1, -0.05) is 6.07 Å². The van der Waals surface area contributed by atoms with Crippen molar-refractivity contribution >= 4 is 12.1 Å². The second kappa shape index (κ2) is 6.36. The van der Waals surface area contributed by atoms with Gasteiger partial charge in [0.25, 0.3) is 0 Å². The van der Waals surface area contributed by atoms with Crippen LogP contribution in [0.3, 0.4) is 0 Å². The summed E-state index contributed by atoms with van der Waals surface area (Å²) in [6, 6.07) is 4.94. The fourth-order valence-electron chi connectivity index (χ4n) is 3.10. The Morgan fingerprint density at radius 3 is 2.48 bits per heavy atom. The Morgan fingerprint density at radius 1 is 1.26 bits per heavy atom. The summed E-state index contributed by atoms with van der Waals surface area (Å²) < 4.78 is 14.7. The highest BCUT2D eigenvalue weighted by Crippen LogP contribution is 2.45. The molecule has 2 unspecified atom stereocenters. The first-order chi connectivity index (χ1) is 10.9. The van der Waals surface area contributed by atoms with Gasteiger partial charge in [0.05, 0.1) is 26.7 Å². The SMILES string of the molecule is COC(=O)N1CC(c2ccc(OC)c(O)c2)C(C)(C(=O)OC)C1. The van der Waals surface area contributed by atoms with Crippen molar-refractivity contribution in [3.05, 3.63) is 23.8 Å². The zero-order valence-electron chi connectivity index (χ0n) is 13.7. The molecule has 0 aromatic heterocycles. The number of aromatic hydroxyl groups is 1. The fourth-order valence-corrected chi connectivity index (χ4v) is 3.10. The first-order valence-corrected chi connectivity index (χ1v) is 7.15. The molecule has 2 rings (SSSR count). The van der Waals surface area contributed by atoms with Crippen molar-refractivity contribution in [3.63, 3.8) is 0 Å². The molecule has 2 atom stereocenters. The molecule has 0 bridgehead atoms. The molecule has 1 aliphatic rings. The van der Waals surface area contributed by atoms with E-state index in [1.165, 1.54) is 26.2 Å². The van der Waals surface area contributed by atoms with Crippen LogP contribution in [0, 0.1) is 5.41 Å². The van der Waals surface area contributed by atoms with Gasteiger partial charge in [0.15, 0.2) is 11.5 Å². The van der Waals surface area contributed by atoms with E-state index in [4.69, 9.17) is 14.2 Å². The molecule has 0 aliphatic carbocycles. The number of hydrogen-bond acceptors (Lipinski definition) is 6. The summed E-state index contributed by atoms with van der Waals surface area (Å²) in [4.78, 5) is 25.6. The number of phenolic OH excluding ortho intramolecular Hbond substituents is 1. The van der Waals surface area contributed by atoms with Crippen molar-refractivity contribution in [3.8, 4) is 11.5 Å². The number of benzene rings is 1. The minimum Gasteiger partial charge on any atom is -0.504 e. The van der Waals surface area contributed by atoms with Crippen LogP contribution in [0.25, 0.3) is 0 Å². The van der Waals surface area contributed by atoms with Gasteiger partial charge in [-0.05, 0) is 24.6 Å². The zero-order chi connectivity index (χ0) is 17.2. The van der Waals surface area contributed by atoms with Gasteiger partial charge < -0.3 is 24.2 Å². The van der Waals surface area contributed by atoms with Crippen LogP contribution >= 0.6 is 0 Å². The Kier molecular flexibility index (Phi) is 4.68. The van der Waals surface area contributed by atoms with Crippen LogP contribution in [0.2, 0.25) is 0 Å². The summed E-state index contributed by atoms with van der Waals surface area (Å²) in [5.74, 6) is -0.417. The molecule has 1 aromatic rings. The largest absolute Gasteiger partial charge is 0.504 e. The molecule has 0 spiro atoms. The van der Waals surface area contributed by atoms with Crippen LogP contribution in [0.15, 0.2) is 18.2 Å². The summed E-state index contributed by atoms with van der Waals surface area (Å²) >= 11 is 0. The number of ether oxygens (including phenoxy) is 3. The summed E-state index contributed by atoms with van der Waals surface area (Å²) in [5, 5.41) is 9.99. The van der Waals surface area contributed by atoms with Gasteiger partial charge in [0.2, 0.25) is 0 Å². The van der Waals surface area contributed by atoms with Crippen molar-refractivity contribution in [1.29, 1.82) is 0 Å². The summed E-state index contributed by atoms with van der Waals surface area (Å²) in [7, 11) is 4.07. The Balaban J connectivity index is 2.42. The van der Waals surface area contributed by atoms with E-state index in [0.29, 0.717) is 12.3 Å². The number of carbonyl (C=O) groups is 2. The highest BCUT2D eigenvalue weighted by atomic mass is 16.5. The number of hydrogen-bond donors (Lipinski definition) is 1. The van der Waals surface area contributed by atoms with Crippen LogP contribution < -0.4 is 4.74 Å². The minimum absolute atomic E-state index is 0.0197. The third kappa shape index (κ3) is 2.91. The maximum atomic E-state index is 12.3. The molecule has 1 saturated heterocycles. The van der Waals surface area contributed by atoms with Gasteiger partial charge in [0, 0.05) is 19.0 Å². The molecule has 126 valence electrons. The summed E-state index contributed by atoms with van der Waals surface area (Å²) in [5.41, 5.74) is -0.202. The second-order valence-corrected chi connectivity index (χ2v) is 5.74. The molecule has 1 aliphatic heterocycles. The van der Waals surface area contributed by atoms with E-state index in [-0.39, 0.29) is 18.2 Å². The van der Waals surface area contributed by atoms with Crippen molar-refractivity contribution in [2.24, 2.45) is 5.41 Å². The van der Waals surface area contributed by atoms with Crippen molar-refractivity contribution in [2.45, 2.75) is 12.8 Å². The number of methoxy groups -OCH3 is 3.